The molecule has 104 valence electrons. The fraction of sp³-hybridized carbons (Fsp3) is 0.333. The Morgan fingerprint density at radius 2 is 2.20 bits per heavy atom. The maximum Gasteiger partial charge on any atom is 0.238 e. The molecule has 3 rings (SSSR count). The molecule has 1 aliphatic carbocycles. The average molecular weight is 334 g/mol. The van der Waals surface area contributed by atoms with Crippen molar-refractivity contribution in [2.24, 2.45) is 0 Å². The Labute approximate surface area is 126 Å². The minimum absolute atomic E-state index is 0.518. The van der Waals surface area contributed by atoms with Crippen LogP contribution in [-0.4, -0.2) is 16.0 Å². The van der Waals surface area contributed by atoms with Gasteiger partial charge in [-0.3, -0.25) is 4.98 Å². The van der Waals surface area contributed by atoms with E-state index in [1.54, 1.807) is 12.4 Å². The van der Waals surface area contributed by atoms with Crippen LogP contribution in [0.4, 0.5) is 0 Å². The van der Waals surface area contributed by atoms with Crippen molar-refractivity contribution in [3.63, 3.8) is 0 Å². The van der Waals surface area contributed by atoms with E-state index >= 15 is 0 Å². The highest BCUT2D eigenvalue weighted by molar-refractivity contribution is 9.10. The van der Waals surface area contributed by atoms with Gasteiger partial charge in [-0.1, -0.05) is 6.07 Å². The molecule has 1 aromatic carbocycles. The van der Waals surface area contributed by atoms with E-state index in [0.29, 0.717) is 11.9 Å². The van der Waals surface area contributed by atoms with Gasteiger partial charge < -0.3 is 10.1 Å². The largest absolute Gasteiger partial charge is 0.436 e. The first-order valence-corrected chi connectivity index (χ1v) is 7.48. The van der Waals surface area contributed by atoms with Crippen LogP contribution in [0.3, 0.4) is 0 Å². The van der Waals surface area contributed by atoms with Gasteiger partial charge in [-0.25, -0.2) is 4.98 Å². The molecular formula is C15H16BrN3O. The van der Waals surface area contributed by atoms with Gasteiger partial charge in [-0.2, -0.15) is 0 Å². The van der Waals surface area contributed by atoms with E-state index in [1.807, 2.05) is 25.1 Å². The zero-order valence-electron chi connectivity index (χ0n) is 11.3. The van der Waals surface area contributed by atoms with Crippen LogP contribution < -0.4 is 10.1 Å². The summed E-state index contributed by atoms with van der Waals surface area (Å²) in [5.41, 5.74) is 2.08. The fourth-order valence-corrected chi connectivity index (χ4v) is 2.43. The topological polar surface area (TPSA) is 47.0 Å². The Bertz CT molecular complexity index is 614. The number of benzene rings is 1. The number of nitrogens with one attached hydrogen (secondary N) is 1. The second-order valence-electron chi connectivity index (χ2n) is 5.04. The standard InChI is InChI=1S/C15H16BrN3O/c1-10-2-5-14(13(16)6-10)20-15-9-17-7-12(19-15)8-18-11-3-4-11/h2,5-7,9,11,18H,3-4,8H2,1H3. The predicted octanol–water partition coefficient (Wildman–Crippen LogP) is 3.59. The minimum atomic E-state index is 0.518. The minimum Gasteiger partial charge on any atom is -0.436 e. The summed E-state index contributed by atoms with van der Waals surface area (Å²) in [6.07, 6.45) is 5.93. The lowest BCUT2D eigenvalue weighted by atomic mass is 10.2. The highest BCUT2D eigenvalue weighted by Crippen LogP contribution is 2.29. The number of aromatic nitrogens is 2. The molecule has 4 nitrogen and oxygen atoms in total. The molecule has 1 saturated carbocycles. The molecule has 5 heteroatoms. The highest BCUT2D eigenvalue weighted by Gasteiger charge is 2.20. The van der Waals surface area contributed by atoms with E-state index < -0.39 is 0 Å². The van der Waals surface area contributed by atoms with Crippen LogP contribution in [-0.2, 0) is 6.54 Å². The summed E-state index contributed by atoms with van der Waals surface area (Å²) >= 11 is 3.50. The quantitative estimate of drug-likeness (QED) is 0.908. The number of halogens is 1. The van der Waals surface area contributed by atoms with Gasteiger partial charge in [0.05, 0.1) is 16.4 Å². The maximum absolute atomic E-state index is 5.78. The zero-order chi connectivity index (χ0) is 13.9. The van der Waals surface area contributed by atoms with Gasteiger partial charge in [0.2, 0.25) is 5.88 Å². The van der Waals surface area contributed by atoms with Crippen molar-refractivity contribution in [2.45, 2.75) is 32.4 Å². The lowest BCUT2D eigenvalue weighted by Gasteiger charge is -2.08. The average Bonchev–Trinajstić information content (AvgIpc) is 3.24. The molecule has 1 aliphatic rings. The summed E-state index contributed by atoms with van der Waals surface area (Å²) < 4.78 is 6.70. The molecular weight excluding hydrogens is 318 g/mol. The van der Waals surface area contributed by atoms with Crippen molar-refractivity contribution in [3.8, 4) is 11.6 Å². The molecule has 1 aromatic heterocycles. The Hall–Kier alpha value is -1.46. The third-order valence-electron chi connectivity index (χ3n) is 3.11. The number of aryl methyl sites for hydroxylation is 1. The van der Waals surface area contributed by atoms with Crippen LogP contribution in [0.5, 0.6) is 11.6 Å². The second-order valence-corrected chi connectivity index (χ2v) is 5.89. The SMILES string of the molecule is Cc1ccc(Oc2cncc(CNC3CC3)n2)c(Br)c1. The molecule has 1 fully saturated rings. The van der Waals surface area contributed by atoms with Crippen LogP contribution >= 0.6 is 15.9 Å². The van der Waals surface area contributed by atoms with Crippen LogP contribution in [0.15, 0.2) is 35.1 Å². The molecule has 0 unspecified atom stereocenters. The number of hydrogen-bond donors (Lipinski definition) is 1. The van der Waals surface area contributed by atoms with Gasteiger partial charge in [0.15, 0.2) is 0 Å². The lowest BCUT2D eigenvalue weighted by Crippen LogP contribution is -2.16. The Kier molecular flexibility index (Phi) is 3.98. The summed E-state index contributed by atoms with van der Waals surface area (Å²) in [5.74, 6) is 1.27. The third-order valence-corrected chi connectivity index (χ3v) is 3.73. The second kappa shape index (κ2) is 5.89. The van der Waals surface area contributed by atoms with E-state index in [0.717, 1.165) is 22.5 Å². The monoisotopic (exact) mass is 333 g/mol. The van der Waals surface area contributed by atoms with Gasteiger partial charge >= 0.3 is 0 Å². The normalized spacial score (nSPS) is 14.3. The molecule has 20 heavy (non-hydrogen) atoms. The van der Waals surface area contributed by atoms with Gasteiger partial charge in [0.25, 0.3) is 0 Å². The highest BCUT2D eigenvalue weighted by atomic mass is 79.9. The van der Waals surface area contributed by atoms with Crippen molar-refractivity contribution in [3.05, 3.63) is 46.3 Å². The molecule has 0 radical (unpaired) electrons. The molecule has 0 aliphatic heterocycles. The fourth-order valence-electron chi connectivity index (χ4n) is 1.86. The maximum atomic E-state index is 5.78. The summed E-state index contributed by atoms with van der Waals surface area (Å²) in [4.78, 5) is 8.65. The molecule has 0 saturated heterocycles. The zero-order valence-corrected chi connectivity index (χ0v) is 12.9. The van der Waals surface area contributed by atoms with Crippen molar-refractivity contribution in [1.29, 1.82) is 0 Å². The molecule has 0 bridgehead atoms. The summed E-state index contributed by atoms with van der Waals surface area (Å²) in [5, 5.41) is 3.42. The number of nitrogens with zero attached hydrogens (tertiary/aromatic N) is 2. The molecule has 2 aromatic rings. The molecule has 1 heterocycles. The first kappa shape index (κ1) is 13.5. The van der Waals surface area contributed by atoms with E-state index in [2.05, 4.69) is 31.2 Å². The Morgan fingerprint density at radius 3 is 2.95 bits per heavy atom. The van der Waals surface area contributed by atoms with Gasteiger partial charge in [-0.05, 0) is 53.4 Å². The lowest BCUT2D eigenvalue weighted by molar-refractivity contribution is 0.453. The van der Waals surface area contributed by atoms with Gasteiger partial charge in [0, 0.05) is 18.8 Å². The van der Waals surface area contributed by atoms with Crippen molar-refractivity contribution in [2.75, 3.05) is 0 Å². The first-order valence-electron chi connectivity index (χ1n) is 6.69. The number of ether oxygens (including phenoxy) is 1. The van der Waals surface area contributed by atoms with Crippen LogP contribution in [0.2, 0.25) is 0 Å². The third kappa shape index (κ3) is 3.55. The van der Waals surface area contributed by atoms with E-state index in [1.165, 1.54) is 18.4 Å². The van der Waals surface area contributed by atoms with E-state index in [-0.39, 0.29) is 0 Å². The Balaban J connectivity index is 1.70. The molecule has 0 amide bonds. The summed E-state index contributed by atoms with van der Waals surface area (Å²) in [6, 6.07) is 6.61. The van der Waals surface area contributed by atoms with Crippen LogP contribution in [0.25, 0.3) is 0 Å². The van der Waals surface area contributed by atoms with Gasteiger partial charge in [0.1, 0.15) is 5.75 Å². The molecule has 0 spiro atoms. The van der Waals surface area contributed by atoms with E-state index in [4.69, 9.17) is 4.74 Å². The smallest absolute Gasteiger partial charge is 0.238 e. The number of hydrogen-bond acceptors (Lipinski definition) is 4. The van der Waals surface area contributed by atoms with Crippen LogP contribution in [0.1, 0.15) is 24.1 Å². The van der Waals surface area contributed by atoms with E-state index in [9.17, 15) is 0 Å². The molecule has 0 atom stereocenters. The first-order chi connectivity index (χ1) is 9.70. The molecule has 1 N–H and O–H groups in total. The predicted molar refractivity (Wildman–Crippen MR) is 80.8 cm³/mol. The van der Waals surface area contributed by atoms with Crippen molar-refractivity contribution in [1.82, 2.24) is 15.3 Å². The van der Waals surface area contributed by atoms with Gasteiger partial charge in [-0.15, -0.1) is 0 Å². The number of rotatable bonds is 5. The van der Waals surface area contributed by atoms with Crippen molar-refractivity contribution < 1.29 is 4.74 Å². The Morgan fingerprint density at radius 1 is 1.35 bits per heavy atom. The van der Waals surface area contributed by atoms with Crippen LogP contribution in [0, 0.1) is 6.92 Å². The summed E-state index contributed by atoms with van der Waals surface area (Å²) in [6.45, 7) is 2.78. The summed E-state index contributed by atoms with van der Waals surface area (Å²) in [7, 11) is 0. The van der Waals surface area contributed by atoms with Crippen molar-refractivity contribution >= 4 is 15.9 Å².